The Labute approximate surface area is 230 Å². The van der Waals surface area contributed by atoms with Gasteiger partial charge in [0.2, 0.25) is 5.91 Å². The molecule has 0 spiro atoms. The van der Waals surface area contributed by atoms with Crippen LogP contribution in [-0.4, -0.2) is 18.0 Å². The van der Waals surface area contributed by atoms with E-state index in [1.165, 1.54) is 44.2 Å². The van der Waals surface area contributed by atoms with E-state index in [1.807, 2.05) is 48.5 Å². The van der Waals surface area contributed by atoms with Gasteiger partial charge in [0.15, 0.2) is 5.13 Å². The molecule has 4 aliphatic rings. The molecule has 4 fully saturated rings. The first-order chi connectivity index (χ1) is 18.0. The zero-order valence-corrected chi connectivity index (χ0v) is 23.3. The topological polar surface area (TPSA) is 60.5 Å². The van der Waals surface area contributed by atoms with Crippen molar-refractivity contribution in [3.8, 4) is 11.5 Å². The van der Waals surface area contributed by atoms with Crippen molar-refractivity contribution in [1.82, 2.24) is 4.98 Å². The fourth-order valence-corrected chi connectivity index (χ4v) is 8.13. The number of hydrogen-bond donors (Lipinski definition) is 1. The van der Waals surface area contributed by atoms with Crippen LogP contribution in [0.3, 0.4) is 0 Å². The largest absolute Gasteiger partial charge is 0.496 e. The van der Waals surface area contributed by atoms with Gasteiger partial charge < -0.3 is 9.47 Å². The summed E-state index contributed by atoms with van der Waals surface area (Å²) >= 11 is 4.99. The summed E-state index contributed by atoms with van der Waals surface area (Å²) in [6, 6.07) is 13.5. The maximum Gasteiger partial charge on any atom is 0.250 e. The Morgan fingerprint density at radius 2 is 1.81 bits per heavy atom. The number of methoxy groups -OCH3 is 1. The van der Waals surface area contributed by atoms with Crippen molar-refractivity contribution in [3.63, 3.8) is 0 Å². The predicted octanol–water partition coefficient (Wildman–Crippen LogP) is 7.61. The highest BCUT2D eigenvalue weighted by Crippen LogP contribution is 2.60. The number of ether oxygens (including phenoxy) is 2. The quantitative estimate of drug-likeness (QED) is 0.279. The Kier molecular flexibility index (Phi) is 6.84. The number of benzene rings is 2. The fourth-order valence-electron chi connectivity index (χ4n) is 7.02. The van der Waals surface area contributed by atoms with Gasteiger partial charge >= 0.3 is 0 Å². The molecule has 7 heteroatoms. The molecule has 0 aliphatic heterocycles. The predicted molar refractivity (Wildman–Crippen MR) is 151 cm³/mol. The van der Waals surface area contributed by atoms with Crippen LogP contribution in [0.15, 0.2) is 58.4 Å². The first-order valence-electron chi connectivity index (χ1n) is 13.0. The molecule has 0 unspecified atom stereocenters. The SMILES string of the molecule is COc1ccc(C=CC(=O)Nc2nc(C34CC5CC(CC(C5)C3)C4)cs2)cc1COc1ccc(Br)cc1. The second-order valence-electron chi connectivity index (χ2n) is 10.9. The van der Waals surface area contributed by atoms with Crippen molar-refractivity contribution in [2.75, 3.05) is 12.4 Å². The minimum atomic E-state index is -0.171. The number of amides is 1. The number of aromatic nitrogens is 1. The van der Waals surface area contributed by atoms with Crippen LogP contribution in [0.2, 0.25) is 0 Å². The highest BCUT2D eigenvalue weighted by atomic mass is 79.9. The second kappa shape index (κ2) is 10.3. The number of nitrogens with one attached hydrogen (secondary N) is 1. The van der Waals surface area contributed by atoms with Gasteiger partial charge in [0.1, 0.15) is 18.1 Å². The number of hydrogen-bond acceptors (Lipinski definition) is 5. The van der Waals surface area contributed by atoms with Gasteiger partial charge in [-0.1, -0.05) is 22.0 Å². The molecule has 1 heterocycles. The molecule has 1 aromatic heterocycles. The number of rotatable bonds is 8. The molecule has 2 aromatic carbocycles. The van der Waals surface area contributed by atoms with E-state index in [2.05, 4.69) is 26.6 Å². The zero-order chi connectivity index (χ0) is 25.4. The van der Waals surface area contributed by atoms with E-state index in [0.717, 1.165) is 44.9 Å². The van der Waals surface area contributed by atoms with Crippen LogP contribution in [0.25, 0.3) is 6.08 Å². The van der Waals surface area contributed by atoms with Gasteiger partial charge in [-0.2, -0.15) is 0 Å². The average molecular weight is 580 g/mol. The summed E-state index contributed by atoms with van der Waals surface area (Å²) in [7, 11) is 1.65. The molecule has 0 radical (unpaired) electrons. The van der Waals surface area contributed by atoms with Gasteiger partial charge in [-0.25, -0.2) is 4.98 Å². The lowest BCUT2D eigenvalue weighted by molar-refractivity contribution is -0.111. The molecule has 192 valence electrons. The Morgan fingerprint density at radius 1 is 1.11 bits per heavy atom. The van der Waals surface area contributed by atoms with E-state index in [-0.39, 0.29) is 11.3 Å². The molecule has 3 aromatic rings. The van der Waals surface area contributed by atoms with E-state index < -0.39 is 0 Å². The van der Waals surface area contributed by atoms with Crippen molar-refractivity contribution < 1.29 is 14.3 Å². The minimum absolute atomic E-state index is 0.171. The van der Waals surface area contributed by atoms with Gasteiger partial charge in [-0.3, -0.25) is 10.1 Å². The van der Waals surface area contributed by atoms with Crippen molar-refractivity contribution in [1.29, 1.82) is 0 Å². The zero-order valence-electron chi connectivity index (χ0n) is 20.9. The number of carbonyl (C=O) groups is 1. The first kappa shape index (κ1) is 24.7. The highest BCUT2D eigenvalue weighted by Gasteiger charge is 2.52. The monoisotopic (exact) mass is 578 g/mol. The summed E-state index contributed by atoms with van der Waals surface area (Å²) in [5.41, 5.74) is 3.27. The Balaban J connectivity index is 1.09. The summed E-state index contributed by atoms with van der Waals surface area (Å²) in [5.74, 6) is 3.99. The number of anilines is 1. The fraction of sp³-hybridized carbons (Fsp3) is 0.400. The van der Waals surface area contributed by atoms with Gasteiger partial charge in [0, 0.05) is 26.9 Å². The summed E-state index contributed by atoms with van der Waals surface area (Å²) < 4.78 is 12.4. The van der Waals surface area contributed by atoms with Crippen LogP contribution in [0.4, 0.5) is 5.13 Å². The number of thiazole rings is 1. The van der Waals surface area contributed by atoms with Crippen LogP contribution < -0.4 is 14.8 Å². The summed E-state index contributed by atoms with van der Waals surface area (Å²) in [4.78, 5) is 17.6. The Bertz CT molecular complexity index is 1280. The standard InChI is InChI=1S/C30H31BrN2O3S/c1-35-26-8-2-19(13-23(26)17-36-25-6-4-24(31)5-7-25)3-9-28(34)33-29-32-27(18-37-29)30-14-20-10-21(15-30)12-22(11-20)16-30/h2-9,13,18,20-22H,10-12,14-17H2,1H3,(H,32,33,34). The smallest absolute Gasteiger partial charge is 0.250 e. The lowest BCUT2D eigenvalue weighted by Crippen LogP contribution is -2.48. The maximum atomic E-state index is 12.7. The summed E-state index contributed by atoms with van der Waals surface area (Å²) in [6.07, 6.45) is 11.5. The Morgan fingerprint density at radius 3 is 2.49 bits per heavy atom. The molecule has 4 saturated carbocycles. The third-order valence-electron chi connectivity index (χ3n) is 8.26. The molecular weight excluding hydrogens is 548 g/mol. The van der Waals surface area contributed by atoms with Gasteiger partial charge in [0.25, 0.3) is 0 Å². The molecule has 7 rings (SSSR count). The molecule has 1 amide bonds. The minimum Gasteiger partial charge on any atom is -0.496 e. The van der Waals surface area contributed by atoms with E-state index >= 15 is 0 Å². The number of halogens is 1. The van der Waals surface area contributed by atoms with Crippen LogP contribution in [0.5, 0.6) is 11.5 Å². The summed E-state index contributed by atoms with van der Waals surface area (Å²) in [5, 5.41) is 5.86. The van der Waals surface area contributed by atoms with Gasteiger partial charge in [-0.05, 0) is 104 Å². The molecule has 4 aliphatic carbocycles. The van der Waals surface area contributed by atoms with E-state index in [1.54, 1.807) is 24.5 Å². The average Bonchev–Trinajstić information content (AvgIpc) is 3.36. The van der Waals surface area contributed by atoms with Crippen LogP contribution in [0.1, 0.15) is 55.3 Å². The molecule has 0 atom stereocenters. The van der Waals surface area contributed by atoms with Crippen LogP contribution >= 0.6 is 27.3 Å². The molecule has 4 bridgehead atoms. The van der Waals surface area contributed by atoms with Crippen molar-refractivity contribution in [3.05, 3.63) is 75.2 Å². The first-order valence-corrected chi connectivity index (χ1v) is 14.7. The lowest BCUT2D eigenvalue weighted by Gasteiger charge is -2.56. The molecule has 1 N–H and O–H groups in total. The second-order valence-corrected chi connectivity index (χ2v) is 12.6. The third-order valence-corrected chi connectivity index (χ3v) is 9.54. The molecule has 5 nitrogen and oxygen atoms in total. The summed E-state index contributed by atoms with van der Waals surface area (Å²) in [6.45, 7) is 0.366. The van der Waals surface area contributed by atoms with Gasteiger partial charge in [0.05, 0.1) is 12.8 Å². The normalized spacial score (nSPS) is 25.9. The number of nitrogens with zero attached hydrogens (tertiary/aromatic N) is 1. The molecule has 37 heavy (non-hydrogen) atoms. The van der Waals surface area contributed by atoms with Crippen LogP contribution in [0, 0.1) is 17.8 Å². The van der Waals surface area contributed by atoms with E-state index in [4.69, 9.17) is 14.5 Å². The van der Waals surface area contributed by atoms with Crippen molar-refractivity contribution in [2.24, 2.45) is 17.8 Å². The molecular formula is C30H31BrN2O3S. The van der Waals surface area contributed by atoms with Gasteiger partial charge in [-0.15, -0.1) is 11.3 Å². The number of carbonyl (C=O) groups excluding carboxylic acids is 1. The maximum absolute atomic E-state index is 12.7. The molecule has 0 saturated heterocycles. The van der Waals surface area contributed by atoms with Crippen LogP contribution in [-0.2, 0) is 16.8 Å². The third kappa shape index (κ3) is 5.34. The van der Waals surface area contributed by atoms with Crippen molar-refractivity contribution in [2.45, 2.75) is 50.5 Å². The van der Waals surface area contributed by atoms with E-state index in [9.17, 15) is 4.79 Å². The highest BCUT2D eigenvalue weighted by molar-refractivity contribution is 9.10. The Hall–Kier alpha value is -2.64. The van der Waals surface area contributed by atoms with E-state index in [0.29, 0.717) is 11.7 Å². The van der Waals surface area contributed by atoms with Crippen molar-refractivity contribution >= 4 is 44.4 Å². The lowest BCUT2D eigenvalue weighted by atomic mass is 9.49.